The van der Waals surface area contributed by atoms with Crippen LogP contribution in [-0.2, 0) is 4.79 Å². The molecule has 0 saturated carbocycles. The van der Waals surface area contributed by atoms with Gasteiger partial charge >= 0.3 is 0 Å². The number of likely N-dealkylation sites (N-methyl/N-ethyl adjacent to an activating group) is 1. The van der Waals surface area contributed by atoms with Gasteiger partial charge in [-0.25, -0.2) is 0 Å². The number of rotatable bonds is 3. The highest BCUT2D eigenvalue weighted by Gasteiger charge is 2.17. The molecule has 1 heterocycles. The average molecular weight is 229 g/mol. The van der Waals surface area contributed by atoms with Crippen LogP contribution >= 0.6 is 11.8 Å². The van der Waals surface area contributed by atoms with Gasteiger partial charge in [0.05, 0.1) is 6.04 Å². The van der Waals surface area contributed by atoms with Crippen LogP contribution in [0.3, 0.4) is 0 Å². The van der Waals surface area contributed by atoms with Crippen molar-refractivity contribution < 1.29 is 4.79 Å². The van der Waals surface area contributed by atoms with Gasteiger partial charge in [-0.2, -0.15) is 0 Å². The Labute approximate surface area is 95.3 Å². The number of amidine groups is 1. The molecule has 0 aromatic heterocycles. The normalized spacial score (nSPS) is 22.9. The minimum Gasteiger partial charge on any atom is -0.355 e. The van der Waals surface area contributed by atoms with Crippen LogP contribution in [0.2, 0.25) is 0 Å². The lowest BCUT2D eigenvalue weighted by Gasteiger charge is -2.20. The first-order valence-corrected chi connectivity index (χ1v) is 6.37. The fourth-order valence-corrected chi connectivity index (χ4v) is 2.45. The molecule has 2 unspecified atom stereocenters. The van der Waals surface area contributed by atoms with Crippen molar-refractivity contribution in [1.82, 2.24) is 10.6 Å². The van der Waals surface area contributed by atoms with Crippen LogP contribution in [0.15, 0.2) is 4.99 Å². The van der Waals surface area contributed by atoms with E-state index in [4.69, 9.17) is 0 Å². The maximum absolute atomic E-state index is 11.5. The van der Waals surface area contributed by atoms with Gasteiger partial charge in [-0.3, -0.25) is 9.79 Å². The topological polar surface area (TPSA) is 53.5 Å². The Morgan fingerprint density at radius 3 is 3.07 bits per heavy atom. The Morgan fingerprint density at radius 2 is 2.47 bits per heavy atom. The largest absolute Gasteiger partial charge is 0.355 e. The highest BCUT2D eigenvalue weighted by Crippen LogP contribution is 2.15. The van der Waals surface area contributed by atoms with Crippen molar-refractivity contribution >= 4 is 22.8 Å². The molecule has 5 heteroatoms. The van der Waals surface area contributed by atoms with Gasteiger partial charge < -0.3 is 10.6 Å². The Balaban J connectivity index is 2.43. The zero-order valence-electron chi connectivity index (χ0n) is 9.54. The van der Waals surface area contributed by atoms with Crippen molar-refractivity contribution in [2.45, 2.75) is 39.3 Å². The van der Waals surface area contributed by atoms with E-state index in [0.717, 1.165) is 17.3 Å². The van der Waals surface area contributed by atoms with Crippen LogP contribution in [0, 0.1) is 0 Å². The number of carbonyl (C=O) groups is 1. The van der Waals surface area contributed by atoms with Gasteiger partial charge in [-0.1, -0.05) is 11.8 Å². The quantitative estimate of drug-likeness (QED) is 0.758. The standard InChI is InChI=1S/C10H19N3OS/c1-4-11-9(14)8(3)13-10-12-7(2)5-6-15-10/h7-8H,4-6H2,1-3H3,(H,11,14)(H,12,13). The summed E-state index contributed by atoms with van der Waals surface area (Å²) in [4.78, 5) is 15.9. The minimum atomic E-state index is -0.207. The molecule has 0 radical (unpaired) electrons. The molecule has 1 aliphatic heterocycles. The lowest BCUT2D eigenvalue weighted by atomic mass is 10.3. The molecule has 0 aromatic carbocycles. The lowest BCUT2D eigenvalue weighted by Crippen LogP contribution is -2.44. The van der Waals surface area contributed by atoms with Gasteiger partial charge in [0.1, 0.15) is 6.04 Å². The van der Waals surface area contributed by atoms with Gasteiger partial charge in [0.2, 0.25) is 5.91 Å². The smallest absolute Gasteiger partial charge is 0.242 e. The molecule has 2 atom stereocenters. The molecule has 1 rings (SSSR count). The molecule has 0 aliphatic carbocycles. The van der Waals surface area contributed by atoms with E-state index < -0.39 is 0 Å². The van der Waals surface area contributed by atoms with Crippen molar-refractivity contribution in [2.75, 3.05) is 12.3 Å². The summed E-state index contributed by atoms with van der Waals surface area (Å²) in [6.07, 6.45) is 1.12. The molecule has 86 valence electrons. The predicted octanol–water partition coefficient (Wildman–Crippen LogP) is 0.982. The van der Waals surface area contributed by atoms with E-state index in [9.17, 15) is 4.79 Å². The molecule has 1 amide bonds. The number of hydrogen-bond donors (Lipinski definition) is 2. The van der Waals surface area contributed by atoms with Gasteiger partial charge in [0.15, 0.2) is 5.17 Å². The molecule has 0 spiro atoms. The summed E-state index contributed by atoms with van der Waals surface area (Å²) in [7, 11) is 0. The van der Waals surface area contributed by atoms with Crippen LogP contribution in [0.25, 0.3) is 0 Å². The number of nitrogens with one attached hydrogen (secondary N) is 2. The van der Waals surface area contributed by atoms with Gasteiger partial charge in [0.25, 0.3) is 0 Å². The summed E-state index contributed by atoms with van der Waals surface area (Å²) < 4.78 is 0. The van der Waals surface area contributed by atoms with Crippen molar-refractivity contribution in [3.63, 3.8) is 0 Å². The van der Waals surface area contributed by atoms with E-state index in [2.05, 4.69) is 22.5 Å². The summed E-state index contributed by atoms with van der Waals surface area (Å²) in [5.41, 5.74) is 0. The van der Waals surface area contributed by atoms with Gasteiger partial charge in [-0.15, -0.1) is 0 Å². The highest BCUT2D eigenvalue weighted by atomic mass is 32.2. The van der Waals surface area contributed by atoms with Crippen LogP contribution in [0.4, 0.5) is 0 Å². The number of thioether (sulfide) groups is 1. The predicted molar refractivity (Wildman–Crippen MR) is 65.3 cm³/mol. The zero-order valence-corrected chi connectivity index (χ0v) is 10.4. The number of hydrogen-bond acceptors (Lipinski definition) is 4. The van der Waals surface area contributed by atoms with Crippen LogP contribution < -0.4 is 10.6 Å². The summed E-state index contributed by atoms with van der Waals surface area (Å²) in [5, 5.41) is 6.81. The number of nitrogens with zero attached hydrogens (tertiary/aromatic N) is 1. The molecule has 0 fully saturated rings. The van der Waals surface area contributed by atoms with E-state index in [1.807, 2.05) is 13.8 Å². The molecule has 1 aliphatic rings. The zero-order chi connectivity index (χ0) is 11.3. The van der Waals surface area contributed by atoms with E-state index in [1.165, 1.54) is 0 Å². The molecule has 15 heavy (non-hydrogen) atoms. The minimum absolute atomic E-state index is 0.0269. The van der Waals surface area contributed by atoms with E-state index in [-0.39, 0.29) is 11.9 Å². The molecular weight excluding hydrogens is 210 g/mol. The van der Waals surface area contributed by atoms with Crippen molar-refractivity contribution in [3.05, 3.63) is 0 Å². The lowest BCUT2D eigenvalue weighted by molar-refractivity contribution is -0.122. The third-order valence-electron chi connectivity index (χ3n) is 2.20. The summed E-state index contributed by atoms with van der Waals surface area (Å²) in [6, 6.07) is 0.164. The van der Waals surface area contributed by atoms with Gasteiger partial charge in [-0.05, 0) is 27.2 Å². The summed E-state index contributed by atoms with van der Waals surface area (Å²) >= 11 is 1.69. The molecular formula is C10H19N3OS. The SMILES string of the molecule is CCNC(=O)C(C)NC1=NC(C)CCS1. The van der Waals surface area contributed by atoms with Crippen LogP contribution in [0.1, 0.15) is 27.2 Å². The molecule has 4 nitrogen and oxygen atoms in total. The first-order chi connectivity index (χ1) is 7.13. The number of carbonyl (C=O) groups excluding carboxylic acids is 1. The Morgan fingerprint density at radius 1 is 1.73 bits per heavy atom. The van der Waals surface area contributed by atoms with Crippen molar-refractivity contribution in [3.8, 4) is 0 Å². The molecule has 0 aromatic rings. The second-order valence-electron chi connectivity index (χ2n) is 3.68. The first-order valence-electron chi connectivity index (χ1n) is 5.38. The van der Waals surface area contributed by atoms with Gasteiger partial charge in [0, 0.05) is 12.3 Å². The van der Waals surface area contributed by atoms with E-state index in [0.29, 0.717) is 12.6 Å². The third kappa shape index (κ3) is 4.11. The Hall–Kier alpha value is -0.710. The molecule has 2 N–H and O–H groups in total. The highest BCUT2D eigenvalue weighted by molar-refractivity contribution is 8.13. The summed E-state index contributed by atoms with van der Waals surface area (Å²) in [5.74, 6) is 1.11. The maximum Gasteiger partial charge on any atom is 0.242 e. The van der Waals surface area contributed by atoms with Crippen LogP contribution in [0.5, 0.6) is 0 Å². The first kappa shape index (κ1) is 12.4. The fraction of sp³-hybridized carbons (Fsp3) is 0.800. The third-order valence-corrected chi connectivity index (χ3v) is 3.13. The monoisotopic (exact) mass is 229 g/mol. The van der Waals surface area contributed by atoms with Crippen LogP contribution in [-0.4, -0.2) is 35.5 Å². The Bertz CT molecular complexity index is 255. The Kier molecular flexibility index (Phi) is 4.94. The average Bonchev–Trinajstić information content (AvgIpc) is 2.18. The summed E-state index contributed by atoms with van der Waals surface area (Å²) in [6.45, 7) is 6.53. The van der Waals surface area contributed by atoms with E-state index in [1.54, 1.807) is 11.8 Å². The second kappa shape index (κ2) is 6.00. The fourth-order valence-electron chi connectivity index (χ4n) is 1.29. The maximum atomic E-state index is 11.5. The van der Waals surface area contributed by atoms with Crippen molar-refractivity contribution in [2.24, 2.45) is 4.99 Å². The number of amides is 1. The molecule has 0 bridgehead atoms. The van der Waals surface area contributed by atoms with E-state index >= 15 is 0 Å². The van der Waals surface area contributed by atoms with Crippen molar-refractivity contribution in [1.29, 1.82) is 0 Å². The number of aliphatic imine (C=N–C) groups is 1. The second-order valence-corrected chi connectivity index (χ2v) is 4.76. The molecule has 0 saturated heterocycles.